The Balaban J connectivity index is 0.000000192. The number of nitrogens with two attached hydrogens (primary N) is 1. The third-order valence-electron chi connectivity index (χ3n) is 14.1. The van der Waals surface area contributed by atoms with Gasteiger partial charge in [0.1, 0.15) is 11.6 Å². The lowest BCUT2D eigenvalue weighted by Gasteiger charge is -2.23. The Morgan fingerprint density at radius 2 is 1.04 bits per heavy atom. The highest BCUT2D eigenvalue weighted by Gasteiger charge is 2.53. The summed E-state index contributed by atoms with van der Waals surface area (Å²) in [5.41, 5.74) is 19.6. The SMILES string of the molecule is C.CC(C)(C)c1cc2cc(CC(=O)C3(c4ccc5c(c4)OC(F)(F)O5)CC3)ccc2n1C[C@@H](O)CN.CC(C)(C)c1cc2cc(CC(=O)C3(c4ccc5c(c4)OC(F)(F)O5)CC3)ccc2n1C[C@@H](O)CN=[N+]=[N-]. The highest BCUT2D eigenvalue weighted by molar-refractivity contribution is 5.96. The first-order valence-electron chi connectivity index (χ1n) is 24.0. The zero-order valence-corrected chi connectivity index (χ0v) is 41.0. The molecule has 10 rings (SSSR count). The van der Waals surface area contributed by atoms with Gasteiger partial charge in [-0.15, -0.1) is 17.6 Å². The molecule has 2 aliphatic heterocycles. The smallest absolute Gasteiger partial charge is 0.395 e. The summed E-state index contributed by atoms with van der Waals surface area (Å²) in [6.45, 7) is 13.4. The second kappa shape index (κ2) is 19.0. The van der Waals surface area contributed by atoms with Crippen LogP contribution in [0.5, 0.6) is 23.0 Å². The summed E-state index contributed by atoms with van der Waals surface area (Å²) in [5, 5.41) is 26.0. The average Bonchev–Trinajstić information content (AvgIpc) is 4.16. The van der Waals surface area contributed by atoms with Crippen molar-refractivity contribution >= 4 is 33.4 Å². The number of nitrogens with zero attached hydrogens (tertiary/aromatic N) is 5. The molecule has 0 spiro atoms. The van der Waals surface area contributed by atoms with Crippen LogP contribution in [0.25, 0.3) is 32.2 Å². The fourth-order valence-corrected chi connectivity index (χ4v) is 10.1. The largest absolute Gasteiger partial charge is 0.586 e. The van der Waals surface area contributed by atoms with Gasteiger partial charge >= 0.3 is 12.6 Å². The molecule has 2 aliphatic carbocycles. The minimum absolute atomic E-state index is 0. The molecule has 14 nitrogen and oxygen atoms in total. The van der Waals surface area contributed by atoms with Gasteiger partial charge in [-0.2, -0.15) is 0 Å². The van der Waals surface area contributed by atoms with E-state index < -0.39 is 35.6 Å². The second-order valence-electron chi connectivity index (χ2n) is 21.5. The van der Waals surface area contributed by atoms with Crippen LogP contribution in [0, 0.1) is 0 Å². The fraction of sp³-hybridized carbons (Fsp3) is 0.455. The monoisotopic (exact) mass is 1010 g/mol. The molecule has 6 aromatic rings. The maximum atomic E-state index is 13.4. The van der Waals surface area contributed by atoms with E-state index in [4.69, 9.17) is 11.3 Å². The molecule has 73 heavy (non-hydrogen) atoms. The lowest BCUT2D eigenvalue weighted by Crippen LogP contribution is -2.28. The summed E-state index contributed by atoms with van der Waals surface area (Å²) in [7, 11) is 0. The number of hydrogen-bond donors (Lipinski definition) is 3. The van der Waals surface area contributed by atoms with E-state index in [1.165, 1.54) is 24.3 Å². The quantitative estimate of drug-likeness (QED) is 0.0388. The topological polar surface area (TPSA) is 196 Å². The minimum atomic E-state index is -3.70. The fourth-order valence-electron chi connectivity index (χ4n) is 10.1. The van der Waals surface area contributed by atoms with Crippen molar-refractivity contribution in [2.45, 2.75) is 147 Å². The number of aromatic nitrogens is 2. The molecule has 0 radical (unpaired) electrons. The van der Waals surface area contributed by atoms with Crippen molar-refractivity contribution in [2.75, 3.05) is 13.1 Å². The van der Waals surface area contributed by atoms with Crippen molar-refractivity contribution in [2.24, 2.45) is 10.8 Å². The van der Waals surface area contributed by atoms with Gasteiger partial charge in [0.15, 0.2) is 23.0 Å². The Morgan fingerprint density at radius 1 is 0.644 bits per heavy atom. The predicted octanol–water partition coefficient (Wildman–Crippen LogP) is 10.8. The van der Waals surface area contributed by atoms with Gasteiger partial charge in [-0.25, -0.2) is 0 Å². The van der Waals surface area contributed by atoms with Crippen LogP contribution in [0.2, 0.25) is 0 Å². The molecule has 4 aromatic carbocycles. The van der Waals surface area contributed by atoms with E-state index in [0.29, 0.717) is 43.4 Å². The third-order valence-corrected chi connectivity index (χ3v) is 14.1. The van der Waals surface area contributed by atoms with Crippen molar-refractivity contribution in [3.05, 3.63) is 129 Å². The number of fused-ring (bicyclic) bond motifs is 4. The molecule has 2 fully saturated rings. The van der Waals surface area contributed by atoms with Crippen LogP contribution < -0.4 is 24.7 Å². The molecule has 4 aliphatic rings. The van der Waals surface area contributed by atoms with Crippen molar-refractivity contribution in [1.82, 2.24) is 9.13 Å². The molecule has 388 valence electrons. The molecule has 4 N–H and O–H groups in total. The van der Waals surface area contributed by atoms with Gasteiger partial charge in [-0.3, -0.25) is 9.59 Å². The first kappa shape index (κ1) is 52.7. The Morgan fingerprint density at radius 3 is 1.41 bits per heavy atom. The molecular formula is C55H62F4N6O8. The molecule has 18 heteroatoms. The number of halogens is 4. The first-order chi connectivity index (χ1) is 33.8. The number of aliphatic hydroxyl groups is 2. The summed E-state index contributed by atoms with van der Waals surface area (Å²) in [6, 6.07) is 25.1. The first-order valence-corrected chi connectivity index (χ1v) is 24.0. The van der Waals surface area contributed by atoms with Crippen LogP contribution in [0.15, 0.2) is 90.0 Å². The number of alkyl halides is 4. The van der Waals surface area contributed by atoms with E-state index in [2.05, 4.69) is 87.2 Å². The second-order valence-corrected chi connectivity index (χ2v) is 21.5. The van der Waals surface area contributed by atoms with Gasteiger partial charge in [0.05, 0.1) is 36.1 Å². The molecule has 0 saturated heterocycles. The standard InChI is InChI=1S/C27H28F2N4O4.C27H30F2N2O4.CH4/c1-25(2,3)23-12-17-10-16(4-6-20(17)33(23)15-19(34)14-31-32-30)11-24(35)26(8-9-26)18-5-7-21-22(13-18)37-27(28,29)36-21;1-25(2,3)23-12-17-10-16(4-6-20(17)31(23)15-19(32)14-30)11-24(33)26(8-9-26)18-5-7-21-22(13-18)35-27(28,29)34-21;/h4-7,10,12-13,19,34H,8-9,11,14-15H2,1-3H3;4-7,10,12-13,19,32H,8-9,11,14-15,30H2,1-3H3;1H4/t2*19-;/m00./s1. The number of hydrogen-bond acceptors (Lipinski definition) is 10. The molecule has 2 aromatic heterocycles. The summed E-state index contributed by atoms with van der Waals surface area (Å²) in [5.74, 6) is -0.0721. The van der Waals surface area contributed by atoms with E-state index in [-0.39, 0.29) is 85.3 Å². The number of aliphatic hydroxyl groups excluding tert-OH is 2. The zero-order valence-electron chi connectivity index (χ0n) is 41.0. The van der Waals surface area contributed by atoms with Gasteiger partial charge in [-0.1, -0.05) is 78.3 Å². The minimum Gasteiger partial charge on any atom is -0.395 e. The number of benzene rings is 4. The van der Waals surface area contributed by atoms with Crippen LogP contribution >= 0.6 is 0 Å². The summed E-state index contributed by atoms with van der Waals surface area (Å²) < 4.78 is 76.0. The summed E-state index contributed by atoms with van der Waals surface area (Å²) in [6.07, 6.45) is -5.77. The molecule has 0 bridgehead atoms. The highest BCUT2D eigenvalue weighted by Crippen LogP contribution is 2.54. The third kappa shape index (κ3) is 10.6. The van der Waals surface area contributed by atoms with Crippen LogP contribution in [0.1, 0.15) is 108 Å². The molecule has 4 heterocycles. The van der Waals surface area contributed by atoms with E-state index in [0.717, 1.165) is 44.3 Å². The van der Waals surface area contributed by atoms with Crippen molar-refractivity contribution in [3.8, 4) is 23.0 Å². The van der Waals surface area contributed by atoms with Gasteiger partial charge in [0, 0.05) is 74.9 Å². The number of azide groups is 1. The van der Waals surface area contributed by atoms with E-state index in [1.807, 2.05) is 41.0 Å². The number of ether oxygens (including phenoxy) is 4. The maximum absolute atomic E-state index is 13.4. The summed E-state index contributed by atoms with van der Waals surface area (Å²) in [4.78, 5) is 29.6. The number of carbonyl (C=O) groups is 2. The molecule has 0 unspecified atom stereocenters. The van der Waals surface area contributed by atoms with E-state index in [1.54, 1.807) is 12.1 Å². The number of carbonyl (C=O) groups excluding carboxylic acids is 2. The number of rotatable bonds is 15. The highest BCUT2D eigenvalue weighted by atomic mass is 19.3. The van der Waals surface area contributed by atoms with Crippen LogP contribution in [-0.4, -0.2) is 68.8 Å². The molecule has 0 amide bonds. The van der Waals surface area contributed by atoms with Crippen LogP contribution in [0.4, 0.5) is 17.6 Å². The Bertz CT molecular complexity index is 3160. The van der Waals surface area contributed by atoms with Crippen molar-refractivity contribution in [1.29, 1.82) is 0 Å². The van der Waals surface area contributed by atoms with Gasteiger partial charge in [0.2, 0.25) is 0 Å². The molecule has 2 saturated carbocycles. The number of Topliss-reactive ketones (excluding diaryl/α,β-unsaturated/α-hetero) is 2. The van der Waals surface area contributed by atoms with Gasteiger partial charge in [0.25, 0.3) is 0 Å². The maximum Gasteiger partial charge on any atom is 0.586 e. The van der Waals surface area contributed by atoms with Crippen LogP contribution in [0.3, 0.4) is 0 Å². The predicted molar refractivity (Wildman–Crippen MR) is 268 cm³/mol. The Hall–Kier alpha value is -6.59. The Labute approximate surface area is 420 Å². The lowest BCUT2D eigenvalue weighted by molar-refractivity contribution is -0.287. The number of ketones is 2. The molecular weight excluding hydrogens is 949 g/mol. The summed E-state index contributed by atoms with van der Waals surface area (Å²) >= 11 is 0. The van der Waals surface area contributed by atoms with Gasteiger partial charge in [-0.05, 0) is 114 Å². The zero-order chi connectivity index (χ0) is 51.8. The Kier molecular flexibility index (Phi) is 13.7. The van der Waals surface area contributed by atoms with Gasteiger partial charge < -0.3 is 44.0 Å². The average molecular weight is 1010 g/mol. The normalized spacial score (nSPS) is 18.0. The molecule has 2 atom stereocenters. The van der Waals surface area contributed by atoms with Crippen molar-refractivity contribution in [3.63, 3.8) is 0 Å². The van der Waals surface area contributed by atoms with Crippen LogP contribution in [-0.2, 0) is 57.2 Å². The van der Waals surface area contributed by atoms with Crippen molar-refractivity contribution < 1.29 is 56.3 Å². The van der Waals surface area contributed by atoms with E-state index >= 15 is 0 Å². The lowest BCUT2D eigenvalue weighted by atomic mass is 9.87. The van der Waals surface area contributed by atoms with E-state index in [9.17, 15) is 37.4 Å².